The van der Waals surface area contributed by atoms with Gasteiger partial charge in [0.1, 0.15) is 5.71 Å². The van der Waals surface area contributed by atoms with E-state index in [1.54, 1.807) is 24.3 Å². The van der Waals surface area contributed by atoms with Gasteiger partial charge in [-0.2, -0.15) is 5.10 Å². The van der Waals surface area contributed by atoms with Crippen molar-refractivity contribution < 1.29 is 19.5 Å². The number of carbonyl (C=O) groups excluding carboxylic acids is 2. The van der Waals surface area contributed by atoms with Crippen molar-refractivity contribution in [3.63, 3.8) is 0 Å². The van der Waals surface area contributed by atoms with Gasteiger partial charge in [-0.15, -0.1) is 0 Å². The Balaban J connectivity index is 1.77. The van der Waals surface area contributed by atoms with Crippen LogP contribution in [0.2, 0.25) is 0 Å². The third kappa shape index (κ3) is 3.29. The Hall–Kier alpha value is -2.70. The lowest BCUT2D eigenvalue weighted by atomic mass is 9.74. The van der Waals surface area contributed by atoms with E-state index in [9.17, 15) is 14.4 Å². The van der Waals surface area contributed by atoms with Crippen LogP contribution in [0.4, 0.5) is 5.69 Å². The molecule has 1 fully saturated rings. The van der Waals surface area contributed by atoms with Crippen LogP contribution in [0.5, 0.6) is 0 Å². The fourth-order valence-corrected chi connectivity index (χ4v) is 3.04. The van der Waals surface area contributed by atoms with Crippen LogP contribution in [0.3, 0.4) is 0 Å². The van der Waals surface area contributed by atoms with Crippen LogP contribution in [-0.2, 0) is 14.4 Å². The van der Waals surface area contributed by atoms with Crippen LogP contribution < -0.4 is 10.3 Å². The molecular weight excluding hydrogens is 310 g/mol. The van der Waals surface area contributed by atoms with Gasteiger partial charge >= 0.3 is 5.97 Å². The van der Waals surface area contributed by atoms with E-state index in [4.69, 9.17) is 5.11 Å². The molecule has 126 valence electrons. The number of hydrogen-bond donors (Lipinski definition) is 2. The first-order valence-corrected chi connectivity index (χ1v) is 7.99. The van der Waals surface area contributed by atoms with Crippen molar-refractivity contribution in [2.45, 2.75) is 44.1 Å². The molecule has 0 atom stereocenters. The summed E-state index contributed by atoms with van der Waals surface area (Å²) in [5, 5.41) is 17.3. The molecule has 0 bridgehead atoms. The van der Waals surface area contributed by atoms with Gasteiger partial charge in [-0.25, -0.2) is 5.01 Å². The molecule has 24 heavy (non-hydrogen) atoms. The number of nitrogens with one attached hydrogen (secondary N) is 1. The van der Waals surface area contributed by atoms with E-state index >= 15 is 0 Å². The lowest BCUT2D eigenvalue weighted by molar-refractivity contribution is -0.140. The van der Waals surface area contributed by atoms with Gasteiger partial charge in [0.15, 0.2) is 0 Å². The summed E-state index contributed by atoms with van der Waals surface area (Å²) in [4.78, 5) is 35.6. The molecule has 1 aromatic rings. The zero-order chi connectivity index (χ0) is 17.2. The number of carbonyl (C=O) groups is 3. The number of carboxylic acids is 1. The monoisotopic (exact) mass is 329 g/mol. The number of aliphatic carboxylic acids is 1. The predicted molar refractivity (Wildman–Crippen MR) is 87.6 cm³/mol. The topological polar surface area (TPSA) is 99.1 Å². The van der Waals surface area contributed by atoms with E-state index in [0.29, 0.717) is 18.5 Å². The summed E-state index contributed by atoms with van der Waals surface area (Å²) in [5.41, 5.74) is 0.191. The molecule has 1 aliphatic heterocycles. The number of rotatable bonds is 5. The Morgan fingerprint density at radius 3 is 2.50 bits per heavy atom. The number of benzene rings is 1. The van der Waals surface area contributed by atoms with Crippen molar-refractivity contribution in [2.75, 3.05) is 5.01 Å². The smallest absolute Gasteiger partial charge is 0.305 e. The maximum absolute atomic E-state index is 12.5. The molecule has 0 radical (unpaired) electrons. The molecule has 2 amide bonds. The second-order valence-electron chi connectivity index (χ2n) is 6.25. The minimum absolute atomic E-state index is 0.0899. The molecule has 7 heteroatoms. The Morgan fingerprint density at radius 1 is 1.21 bits per heavy atom. The molecule has 0 aromatic heterocycles. The molecule has 0 spiro atoms. The van der Waals surface area contributed by atoms with Crippen LogP contribution in [-0.4, -0.2) is 34.1 Å². The summed E-state index contributed by atoms with van der Waals surface area (Å²) in [6.07, 6.45) is 2.57. The fraction of sp³-hybridized carbons (Fsp3) is 0.412. The van der Waals surface area contributed by atoms with Crippen LogP contribution in [0, 0.1) is 0 Å². The first-order valence-electron chi connectivity index (χ1n) is 7.99. The second-order valence-corrected chi connectivity index (χ2v) is 6.25. The van der Waals surface area contributed by atoms with E-state index in [0.717, 1.165) is 6.42 Å². The quantitative estimate of drug-likeness (QED) is 0.858. The van der Waals surface area contributed by atoms with E-state index in [2.05, 4.69) is 10.4 Å². The third-order valence-electron chi connectivity index (χ3n) is 4.47. The maximum atomic E-state index is 12.5. The summed E-state index contributed by atoms with van der Waals surface area (Å²) < 4.78 is 0. The summed E-state index contributed by atoms with van der Waals surface area (Å²) in [6, 6.07) is 8.92. The SMILES string of the molecule is O=C(O)CC1(NC(=O)C2=NN(c3ccccc3)C(=O)CC2)CCC1. The first kappa shape index (κ1) is 16.2. The van der Waals surface area contributed by atoms with Gasteiger partial charge in [-0.05, 0) is 31.4 Å². The zero-order valence-corrected chi connectivity index (χ0v) is 13.2. The third-order valence-corrected chi connectivity index (χ3v) is 4.47. The van der Waals surface area contributed by atoms with Gasteiger partial charge in [-0.1, -0.05) is 18.2 Å². The number of para-hydroxylation sites is 1. The lowest BCUT2D eigenvalue weighted by Gasteiger charge is -2.41. The normalized spacial score (nSPS) is 19.2. The highest BCUT2D eigenvalue weighted by molar-refractivity contribution is 6.40. The zero-order valence-electron chi connectivity index (χ0n) is 13.2. The van der Waals surface area contributed by atoms with Crippen molar-refractivity contribution in [3.8, 4) is 0 Å². The van der Waals surface area contributed by atoms with Crippen molar-refractivity contribution in [2.24, 2.45) is 5.10 Å². The molecule has 3 rings (SSSR count). The van der Waals surface area contributed by atoms with Crippen LogP contribution in [0.15, 0.2) is 35.4 Å². The molecule has 2 N–H and O–H groups in total. The van der Waals surface area contributed by atoms with Gasteiger partial charge < -0.3 is 10.4 Å². The standard InChI is InChI=1S/C17H19N3O4/c21-14-8-7-13(19-20(14)12-5-2-1-3-6-12)16(24)18-17(9-4-10-17)11-15(22)23/h1-3,5-6H,4,7-11H2,(H,18,24)(H,22,23). The summed E-state index contributed by atoms with van der Waals surface area (Å²) in [7, 11) is 0. The molecule has 1 aromatic carbocycles. The highest BCUT2D eigenvalue weighted by atomic mass is 16.4. The first-order chi connectivity index (χ1) is 11.5. The maximum Gasteiger partial charge on any atom is 0.305 e. The number of nitrogens with zero attached hydrogens (tertiary/aromatic N) is 2. The van der Waals surface area contributed by atoms with Crippen LogP contribution in [0.1, 0.15) is 38.5 Å². The highest BCUT2D eigenvalue weighted by Gasteiger charge is 2.41. The Kier molecular flexibility index (Phi) is 4.33. The lowest BCUT2D eigenvalue weighted by Crippen LogP contribution is -2.56. The summed E-state index contributed by atoms with van der Waals surface area (Å²) in [6.45, 7) is 0. The van der Waals surface area contributed by atoms with E-state index in [1.165, 1.54) is 5.01 Å². The number of carboxylic acid groups (broad SMARTS) is 1. The van der Waals surface area contributed by atoms with Crippen LogP contribution in [0.25, 0.3) is 0 Å². The van der Waals surface area contributed by atoms with E-state index in [-0.39, 0.29) is 36.8 Å². The van der Waals surface area contributed by atoms with Gasteiger partial charge in [0, 0.05) is 12.8 Å². The average Bonchev–Trinajstić information content (AvgIpc) is 2.53. The van der Waals surface area contributed by atoms with Crippen LogP contribution >= 0.6 is 0 Å². The number of anilines is 1. The van der Waals surface area contributed by atoms with Crippen molar-refractivity contribution in [3.05, 3.63) is 30.3 Å². The number of hydrazone groups is 1. The molecule has 1 saturated carbocycles. The van der Waals surface area contributed by atoms with Crippen molar-refractivity contribution in [1.82, 2.24) is 5.32 Å². The van der Waals surface area contributed by atoms with Gasteiger partial charge in [0.25, 0.3) is 5.91 Å². The van der Waals surface area contributed by atoms with Crippen molar-refractivity contribution >= 4 is 29.2 Å². The molecule has 1 heterocycles. The fourth-order valence-electron chi connectivity index (χ4n) is 3.04. The van der Waals surface area contributed by atoms with Gasteiger partial charge in [0.2, 0.25) is 5.91 Å². The van der Waals surface area contributed by atoms with Gasteiger partial charge in [0.05, 0.1) is 17.6 Å². The number of amides is 2. The Morgan fingerprint density at radius 2 is 1.92 bits per heavy atom. The minimum atomic E-state index is -0.929. The molecule has 2 aliphatic rings. The molecule has 0 saturated heterocycles. The minimum Gasteiger partial charge on any atom is -0.481 e. The second kappa shape index (κ2) is 6.43. The van der Waals surface area contributed by atoms with Crippen molar-refractivity contribution in [1.29, 1.82) is 0 Å². The molecular formula is C17H19N3O4. The predicted octanol–water partition coefficient (Wildman–Crippen LogP) is 1.68. The summed E-state index contributed by atoms with van der Waals surface area (Å²) >= 11 is 0. The average molecular weight is 329 g/mol. The Bertz CT molecular complexity index is 695. The molecule has 0 unspecified atom stereocenters. The molecule has 7 nitrogen and oxygen atoms in total. The largest absolute Gasteiger partial charge is 0.481 e. The van der Waals surface area contributed by atoms with E-state index < -0.39 is 11.5 Å². The highest BCUT2D eigenvalue weighted by Crippen LogP contribution is 2.35. The molecule has 1 aliphatic carbocycles. The van der Waals surface area contributed by atoms with Gasteiger partial charge in [-0.3, -0.25) is 14.4 Å². The Labute approximate surface area is 139 Å². The summed E-state index contributed by atoms with van der Waals surface area (Å²) in [5.74, 6) is -1.48. The number of hydrogen-bond acceptors (Lipinski definition) is 4. The van der Waals surface area contributed by atoms with E-state index in [1.807, 2.05) is 6.07 Å².